The molecule has 0 spiro atoms. The van der Waals surface area contributed by atoms with Gasteiger partial charge in [0, 0.05) is 17.7 Å². The molecule has 0 bridgehead atoms. The average molecular weight is 353 g/mol. The van der Waals surface area contributed by atoms with E-state index in [1.807, 2.05) is 34.9 Å². The summed E-state index contributed by atoms with van der Waals surface area (Å²) in [5, 5.41) is 9.24. The highest BCUT2D eigenvalue weighted by molar-refractivity contribution is 8.00. The molecule has 0 N–H and O–H groups in total. The molecule has 4 nitrogen and oxygen atoms in total. The Labute approximate surface area is 149 Å². The number of benzene rings is 2. The van der Waals surface area contributed by atoms with Crippen molar-refractivity contribution in [2.45, 2.75) is 29.7 Å². The second kappa shape index (κ2) is 6.80. The summed E-state index contributed by atoms with van der Waals surface area (Å²) in [7, 11) is 0. The Morgan fingerprint density at radius 1 is 1.04 bits per heavy atom. The van der Waals surface area contributed by atoms with E-state index < -0.39 is 0 Å². The van der Waals surface area contributed by atoms with Gasteiger partial charge in [-0.1, -0.05) is 42.1 Å². The Bertz CT molecular complexity index is 893. The first-order valence-electron chi connectivity index (χ1n) is 8.18. The number of ketones is 1. The first-order chi connectivity index (χ1) is 12.2. The maximum absolute atomic E-state index is 13.3. The predicted molar refractivity (Wildman–Crippen MR) is 95.3 cm³/mol. The monoisotopic (exact) mass is 353 g/mol. The van der Waals surface area contributed by atoms with Crippen molar-refractivity contribution in [3.8, 4) is 17.1 Å². The molecule has 0 radical (unpaired) electrons. The van der Waals surface area contributed by atoms with Crippen molar-refractivity contribution in [2.75, 3.05) is 0 Å². The van der Waals surface area contributed by atoms with Gasteiger partial charge in [0.1, 0.15) is 11.6 Å². The van der Waals surface area contributed by atoms with E-state index in [2.05, 4.69) is 10.2 Å². The zero-order valence-electron chi connectivity index (χ0n) is 13.4. The number of halogens is 1. The largest absolute Gasteiger partial charge is 0.298 e. The van der Waals surface area contributed by atoms with Gasteiger partial charge in [-0.25, -0.2) is 4.39 Å². The lowest BCUT2D eigenvalue weighted by molar-refractivity contribution is -0.116. The molecule has 1 aliphatic rings. The van der Waals surface area contributed by atoms with Crippen LogP contribution >= 0.6 is 11.8 Å². The third kappa shape index (κ3) is 3.22. The second-order valence-corrected chi connectivity index (χ2v) is 7.12. The first kappa shape index (κ1) is 16.0. The summed E-state index contributed by atoms with van der Waals surface area (Å²) >= 11 is 1.45. The lowest BCUT2D eigenvalue weighted by Crippen LogP contribution is -2.10. The van der Waals surface area contributed by atoms with Crippen molar-refractivity contribution >= 4 is 17.5 Å². The number of nitrogens with zero attached hydrogens (tertiary/aromatic N) is 3. The van der Waals surface area contributed by atoms with Gasteiger partial charge < -0.3 is 0 Å². The van der Waals surface area contributed by atoms with E-state index in [9.17, 15) is 9.18 Å². The molecule has 0 amide bonds. The average Bonchev–Trinajstić information content (AvgIpc) is 3.24. The second-order valence-electron chi connectivity index (χ2n) is 5.95. The third-order valence-electron chi connectivity index (χ3n) is 4.25. The number of carbonyl (C=O) groups is 1. The fraction of sp³-hybridized carbons (Fsp3) is 0.211. The zero-order valence-corrected chi connectivity index (χ0v) is 14.2. The Morgan fingerprint density at radius 2 is 1.80 bits per heavy atom. The molecular weight excluding hydrogens is 337 g/mol. The van der Waals surface area contributed by atoms with Gasteiger partial charge >= 0.3 is 0 Å². The molecule has 1 fully saturated rings. The molecule has 126 valence electrons. The number of carbonyl (C=O) groups excluding carboxylic acids is 1. The van der Waals surface area contributed by atoms with Crippen molar-refractivity contribution in [1.29, 1.82) is 0 Å². The number of rotatable bonds is 4. The molecule has 0 aliphatic heterocycles. The summed E-state index contributed by atoms with van der Waals surface area (Å²) in [5.41, 5.74) is 1.70. The van der Waals surface area contributed by atoms with Crippen LogP contribution in [0.1, 0.15) is 19.3 Å². The van der Waals surface area contributed by atoms with E-state index in [4.69, 9.17) is 0 Å². The maximum Gasteiger partial charge on any atom is 0.196 e. The summed E-state index contributed by atoms with van der Waals surface area (Å²) in [6.07, 6.45) is 2.42. The fourth-order valence-electron chi connectivity index (χ4n) is 2.98. The Balaban J connectivity index is 1.80. The van der Waals surface area contributed by atoms with Gasteiger partial charge in [-0.05, 0) is 37.1 Å². The van der Waals surface area contributed by atoms with Crippen LogP contribution in [0.2, 0.25) is 0 Å². The third-order valence-corrected chi connectivity index (χ3v) is 5.50. The van der Waals surface area contributed by atoms with Crippen LogP contribution in [0, 0.1) is 5.82 Å². The normalized spacial score (nSPS) is 17.2. The number of Topliss-reactive ketones (excluding diaryl/α,β-unsaturated/α-hetero) is 1. The zero-order chi connectivity index (χ0) is 17.2. The summed E-state index contributed by atoms with van der Waals surface area (Å²) in [4.78, 5) is 12.0. The summed E-state index contributed by atoms with van der Waals surface area (Å²) in [6.45, 7) is 0. The number of thioether (sulfide) groups is 1. The van der Waals surface area contributed by atoms with Gasteiger partial charge in [-0.15, -0.1) is 10.2 Å². The molecule has 1 atom stereocenters. The van der Waals surface area contributed by atoms with Gasteiger partial charge in [0.15, 0.2) is 11.0 Å². The molecule has 0 saturated heterocycles. The van der Waals surface area contributed by atoms with Crippen molar-refractivity contribution in [3.63, 3.8) is 0 Å². The van der Waals surface area contributed by atoms with Crippen molar-refractivity contribution in [3.05, 3.63) is 60.4 Å². The van der Waals surface area contributed by atoms with Crippen LogP contribution in [-0.4, -0.2) is 25.8 Å². The van der Waals surface area contributed by atoms with E-state index in [1.165, 1.54) is 23.9 Å². The van der Waals surface area contributed by atoms with E-state index in [-0.39, 0.29) is 16.9 Å². The fourth-order valence-corrected chi connectivity index (χ4v) is 4.15. The predicted octanol–water partition coefficient (Wildman–Crippen LogP) is 4.29. The Hall–Kier alpha value is -2.47. The number of hydrogen-bond acceptors (Lipinski definition) is 4. The minimum absolute atomic E-state index is 0.0768. The summed E-state index contributed by atoms with van der Waals surface area (Å²) in [6, 6.07) is 16.0. The van der Waals surface area contributed by atoms with Gasteiger partial charge in [-0.2, -0.15) is 0 Å². The van der Waals surface area contributed by atoms with Crippen LogP contribution in [0.15, 0.2) is 59.8 Å². The lowest BCUT2D eigenvalue weighted by atomic mass is 10.2. The highest BCUT2D eigenvalue weighted by Crippen LogP contribution is 2.35. The topological polar surface area (TPSA) is 47.8 Å². The van der Waals surface area contributed by atoms with Gasteiger partial charge in [0.05, 0.1) is 5.25 Å². The Kier molecular flexibility index (Phi) is 4.36. The number of aromatic nitrogens is 3. The van der Waals surface area contributed by atoms with Crippen LogP contribution in [0.3, 0.4) is 0 Å². The van der Waals surface area contributed by atoms with E-state index in [0.29, 0.717) is 17.4 Å². The molecule has 1 aliphatic carbocycles. The first-order valence-corrected chi connectivity index (χ1v) is 9.06. The maximum atomic E-state index is 13.3. The van der Waals surface area contributed by atoms with Crippen LogP contribution < -0.4 is 0 Å². The van der Waals surface area contributed by atoms with Crippen LogP contribution in [0.4, 0.5) is 4.39 Å². The lowest BCUT2D eigenvalue weighted by Gasteiger charge is -2.12. The summed E-state index contributed by atoms with van der Waals surface area (Å²) < 4.78 is 15.2. The molecule has 2 aromatic carbocycles. The minimum Gasteiger partial charge on any atom is -0.298 e. The molecule has 1 aromatic heterocycles. The molecule has 0 unspecified atom stereocenters. The van der Waals surface area contributed by atoms with Crippen LogP contribution in [0.25, 0.3) is 17.1 Å². The molecule has 1 heterocycles. The molecule has 3 aromatic rings. The Morgan fingerprint density at radius 3 is 2.48 bits per heavy atom. The smallest absolute Gasteiger partial charge is 0.196 e. The highest BCUT2D eigenvalue weighted by atomic mass is 32.2. The van der Waals surface area contributed by atoms with Crippen LogP contribution in [0.5, 0.6) is 0 Å². The molecular formula is C19H16FN3OS. The molecule has 4 rings (SSSR count). The van der Waals surface area contributed by atoms with Crippen molar-refractivity contribution in [1.82, 2.24) is 14.8 Å². The van der Waals surface area contributed by atoms with Crippen LogP contribution in [-0.2, 0) is 4.79 Å². The minimum atomic E-state index is -0.293. The van der Waals surface area contributed by atoms with Gasteiger partial charge in [-0.3, -0.25) is 9.36 Å². The van der Waals surface area contributed by atoms with Crippen molar-refractivity contribution < 1.29 is 9.18 Å². The standard InChI is InChI=1S/C19H16FN3OS/c20-14-9-11-15(12-10-14)23-18(13-5-2-1-3-6-13)21-22-19(23)25-17-8-4-7-16(17)24/h1-3,5-6,9-12,17H,4,7-8H2/t17-/m1/s1. The van der Waals surface area contributed by atoms with E-state index in [1.54, 1.807) is 12.1 Å². The van der Waals surface area contributed by atoms with Gasteiger partial charge in [0.2, 0.25) is 0 Å². The summed E-state index contributed by atoms with van der Waals surface area (Å²) in [5.74, 6) is 0.651. The van der Waals surface area contributed by atoms with E-state index >= 15 is 0 Å². The molecule has 25 heavy (non-hydrogen) atoms. The highest BCUT2D eigenvalue weighted by Gasteiger charge is 2.28. The van der Waals surface area contributed by atoms with Crippen molar-refractivity contribution in [2.24, 2.45) is 0 Å². The van der Waals surface area contributed by atoms with Gasteiger partial charge in [0.25, 0.3) is 0 Å². The molecule has 6 heteroatoms. The number of hydrogen-bond donors (Lipinski definition) is 0. The molecule has 1 saturated carbocycles. The van der Waals surface area contributed by atoms with E-state index in [0.717, 1.165) is 24.1 Å². The SMILES string of the molecule is O=C1CCC[C@H]1Sc1nnc(-c2ccccc2)n1-c1ccc(F)cc1. The quantitative estimate of drug-likeness (QED) is 0.702.